The molecule has 4 rings (SSSR count). The normalized spacial score (nSPS) is 10.8. The predicted octanol–water partition coefficient (Wildman–Crippen LogP) is 3.39. The molecule has 146 valence electrons. The Hall–Kier alpha value is -3.52. The maximum atomic E-state index is 13.5. The Labute approximate surface area is 170 Å². The molecule has 0 aliphatic rings. The van der Waals surface area contributed by atoms with E-state index in [1.54, 1.807) is 48.5 Å². The molecular weight excluding hydrogens is 397 g/mol. The SMILES string of the molecule is O=C(NCCOc1ccc2nnc(-c3cccc(F)c3)n2n1)c1ccccc1Cl. The van der Waals surface area contributed by atoms with Gasteiger partial charge in [-0.1, -0.05) is 35.9 Å². The van der Waals surface area contributed by atoms with E-state index in [1.807, 2.05) is 0 Å². The molecule has 0 spiro atoms. The molecule has 7 nitrogen and oxygen atoms in total. The zero-order chi connectivity index (χ0) is 20.2. The third kappa shape index (κ3) is 4.17. The fourth-order valence-corrected chi connectivity index (χ4v) is 2.94. The lowest BCUT2D eigenvalue weighted by Gasteiger charge is -2.08. The summed E-state index contributed by atoms with van der Waals surface area (Å²) < 4.78 is 20.6. The Morgan fingerprint density at radius 3 is 2.79 bits per heavy atom. The van der Waals surface area contributed by atoms with Crippen LogP contribution in [0, 0.1) is 5.82 Å². The van der Waals surface area contributed by atoms with Crippen LogP contribution in [0.15, 0.2) is 60.7 Å². The average molecular weight is 412 g/mol. The summed E-state index contributed by atoms with van der Waals surface area (Å²) in [7, 11) is 0. The lowest BCUT2D eigenvalue weighted by atomic mass is 10.2. The van der Waals surface area contributed by atoms with E-state index < -0.39 is 0 Å². The first-order chi connectivity index (χ1) is 14.1. The van der Waals surface area contributed by atoms with Crippen LogP contribution in [0.5, 0.6) is 5.88 Å². The van der Waals surface area contributed by atoms with Gasteiger partial charge in [0.15, 0.2) is 11.5 Å². The predicted molar refractivity (Wildman–Crippen MR) is 105 cm³/mol. The van der Waals surface area contributed by atoms with Crippen LogP contribution >= 0.6 is 11.6 Å². The molecule has 29 heavy (non-hydrogen) atoms. The van der Waals surface area contributed by atoms with Crippen molar-refractivity contribution in [1.29, 1.82) is 0 Å². The molecule has 1 amide bonds. The number of amides is 1. The lowest BCUT2D eigenvalue weighted by molar-refractivity contribution is 0.0946. The zero-order valence-corrected chi connectivity index (χ0v) is 15.8. The Kier molecular flexibility index (Phi) is 5.35. The minimum Gasteiger partial charge on any atom is -0.475 e. The van der Waals surface area contributed by atoms with Gasteiger partial charge in [-0.15, -0.1) is 15.3 Å². The highest BCUT2D eigenvalue weighted by Gasteiger charge is 2.12. The number of hydrogen-bond donors (Lipinski definition) is 1. The molecule has 9 heteroatoms. The number of hydrogen-bond acceptors (Lipinski definition) is 5. The van der Waals surface area contributed by atoms with Crippen LogP contribution in [-0.2, 0) is 0 Å². The Bertz CT molecular complexity index is 1180. The molecular formula is C20H15ClFN5O2. The smallest absolute Gasteiger partial charge is 0.252 e. The molecule has 2 heterocycles. The van der Waals surface area contributed by atoms with Crippen LogP contribution < -0.4 is 10.1 Å². The van der Waals surface area contributed by atoms with Crippen molar-refractivity contribution in [1.82, 2.24) is 25.1 Å². The molecule has 2 aromatic carbocycles. The van der Waals surface area contributed by atoms with Crippen molar-refractivity contribution in [2.24, 2.45) is 0 Å². The van der Waals surface area contributed by atoms with Gasteiger partial charge in [-0.25, -0.2) is 4.39 Å². The quantitative estimate of drug-likeness (QED) is 0.492. The topological polar surface area (TPSA) is 81.4 Å². The van der Waals surface area contributed by atoms with Crippen molar-refractivity contribution >= 4 is 23.2 Å². The van der Waals surface area contributed by atoms with Crippen molar-refractivity contribution in [2.45, 2.75) is 0 Å². The van der Waals surface area contributed by atoms with Gasteiger partial charge in [-0.05, 0) is 30.3 Å². The Morgan fingerprint density at radius 2 is 1.97 bits per heavy atom. The number of ether oxygens (including phenoxy) is 1. The number of halogens is 2. The van der Waals surface area contributed by atoms with Crippen molar-refractivity contribution in [3.05, 3.63) is 77.1 Å². The Balaban J connectivity index is 1.42. The van der Waals surface area contributed by atoms with Gasteiger partial charge in [0, 0.05) is 11.6 Å². The molecule has 0 fully saturated rings. The zero-order valence-electron chi connectivity index (χ0n) is 15.0. The van der Waals surface area contributed by atoms with Gasteiger partial charge >= 0.3 is 0 Å². The monoisotopic (exact) mass is 411 g/mol. The maximum Gasteiger partial charge on any atom is 0.252 e. The van der Waals surface area contributed by atoms with Crippen LogP contribution in [0.2, 0.25) is 5.02 Å². The van der Waals surface area contributed by atoms with E-state index in [2.05, 4.69) is 20.6 Å². The highest BCUT2D eigenvalue weighted by molar-refractivity contribution is 6.33. The summed E-state index contributed by atoms with van der Waals surface area (Å²) in [5, 5.41) is 15.6. The molecule has 0 saturated carbocycles. The fourth-order valence-electron chi connectivity index (χ4n) is 2.72. The minimum atomic E-state index is -0.374. The molecule has 1 N–H and O–H groups in total. The summed E-state index contributed by atoms with van der Waals surface area (Å²) >= 11 is 6.01. The second kappa shape index (κ2) is 8.24. The second-order valence-corrected chi connectivity index (χ2v) is 6.47. The summed E-state index contributed by atoms with van der Waals surface area (Å²) in [6, 6.07) is 16.2. The summed E-state index contributed by atoms with van der Waals surface area (Å²) in [6.07, 6.45) is 0. The third-order valence-electron chi connectivity index (χ3n) is 4.08. The van der Waals surface area contributed by atoms with E-state index in [4.69, 9.17) is 16.3 Å². The number of benzene rings is 2. The molecule has 2 aromatic heterocycles. The van der Waals surface area contributed by atoms with Crippen molar-refractivity contribution in [2.75, 3.05) is 13.2 Å². The van der Waals surface area contributed by atoms with Crippen molar-refractivity contribution < 1.29 is 13.9 Å². The van der Waals surface area contributed by atoms with Crippen LogP contribution in [0.25, 0.3) is 17.0 Å². The van der Waals surface area contributed by atoms with E-state index in [-0.39, 0.29) is 24.9 Å². The van der Waals surface area contributed by atoms with E-state index in [0.717, 1.165) is 0 Å². The van der Waals surface area contributed by atoms with E-state index in [0.29, 0.717) is 33.5 Å². The largest absolute Gasteiger partial charge is 0.475 e. The lowest BCUT2D eigenvalue weighted by Crippen LogP contribution is -2.28. The standard InChI is InChI=1S/C20H15ClFN5O2/c21-16-7-2-1-6-15(16)20(28)23-10-11-29-18-9-8-17-24-25-19(27(17)26-18)13-4-3-5-14(22)12-13/h1-9,12H,10-11H2,(H,23,28). The van der Waals surface area contributed by atoms with Gasteiger partial charge in [0.25, 0.3) is 5.91 Å². The average Bonchev–Trinajstić information content (AvgIpc) is 3.15. The molecule has 0 saturated heterocycles. The van der Waals surface area contributed by atoms with Crippen molar-refractivity contribution in [3.8, 4) is 17.3 Å². The first-order valence-electron chi connectivity index (χ1n) is 8.76. The summed E-state index contributed by atoms with van der Waals surface area (Å²) in [4.78, 5) is 12.1. The third-order valence-corrected chi connectivity index (χ3v) is 4.41. The first-order valence-corrected chi connectivity index (χ1v) is 9.13. The first kappa shape index (κ1) is 18.8. The molecule has 0 unspecified atom stereocenters. The number of nitrogens with one attached hydrogen (secondary N) is 1. The van der Waals surface area contributed by atoms with Gasteiger partial charge in [0.2, 0.25) is 5.88 Å². The second-order valence-electron chi connectivity index (χ2n) is 6.06. The van der Waals surface area contributed by atoms with Gasteiger partial charge in [-0.3, -0.25) is 4.79 Å². The summed E-state index contributed by atoms with van der Waals surface area (Å²) in [5.74, 6) is 0.0645. The van der Waals surface area contributed by atoms with E-state index >= 15 is 0 Å². The number of carbonyl (C=O) groups excluding carboxylic acids is 1. The molecule has 0 aliphatic carbocycles. The van der Waals surface area contributed by atoms with E-state index in [1.165, 1.54) is 16.6 Å². The van der Waals surface area contributed by atoms with Gasteiger partial charge in [-0.2, -0.15) is 4.52 Å². The number of carbonyl (C=O) groups is 1. The number of nitrogens with zero attached hydrogens (tertiary/aromatic N) is 4. The number of fused-ring (bicyclic) bond motifs is 1. The highest BCUT2D eigenvalue weighted by atomic mass is 35.5. The number of rotatable bonds is 6. The van der Waals surface area contributed by atoms with E-state index in [9.17, 15) is 9.18 Å². The molecule has 0 atom stereocenters. The minimum absolute atomic E-state index is 0.201. The summed E-state index contributed by atoms with van der Waals surface area (Å²) in [5.41, 5.74) is 1.45. The van der Waals surface area contributed by atoms with Gasteiger partial charge in [0.1, 0.15) is 12.4 Å². The van der Waals surface area contributed by atoms with Crippen LogP contribution in [0.3, 0.4) is 0 Å². The molecule has 0 radical (unpaired) electrons. The molecule has 0 aliphatic heterocycles. The molecule has 0 bridgehead atoms. The summed E-state index contributed by atoms with van der Waals surface area (Å²) in [6.45, 7) is 0.467. The van der Waals surface area contributed by atoms with Crippen LogP contribution in [0.1, 0.15) is 10.4 Å². The highest BCUT2D eigenvalue weighted by Crippen LogP contribution is 2.20. The van der Waals surface area contributed by atoms with Crippen LogP contribution in [0.4, 0.5) is 4.39 Å². The Morgan fingerprint density at radius 1 is 1.10 bits per heavy atom. The number of aromatic nitrogens is 4. The molecule has 4 aromatic rings. The van der Waals surface area contributed by atoms with Gasteiger partial charge in [0.05, 0.1) is 17.1 Å². The van der Waals surface area contributed by atoms with Crippen molar-refractivity contribution in [3.63, 3.8) is 0 Å². The van der Waals surface area contributed by atoms with Gasteiger partial charge < -0.3 is 10.1 Å². The van der Waals surface area contributed by atoms with Crippen LogP contribution in [-0.4, -0.2) is 38.9 Å². The maximum absolute atomic E-state index is 13.5. The fraction of sp³-hybridized carbons (Fsp3) is 0.100.